The maximum absolute atomic E-state index is 12.6. The molecular weight excluding hydrogens is 312 g/mol. The molecule has 2 aromatic heterocycles. The second kappa shape index (κ2) is 7.23. The third-order valence-corrected chi connectivity index (χ3v) is 4.51. The maximum atomic E-state index is 12.6. The van der Waals surface area contributed by atoms with E-state index in [4.69, 9.17) is 0 Å². The molecule has 0 spiro atoms. The van der Waals surface area contributed by atoms with Crippen LogP contribution in [0.2, 0.25) is 0 Å². The molecule has 0 aromatic carbocycles. The highest BCUT2D eigenvalue weighted by Crippen LogP contribution is 2.17. The van der Waals surface area contributed by atoms with E-state index < -0.39 is 0 Å². The van der Waals surface area contributed by atoms with E-state index >= 15 is 0 Å². The van der Waals surface area contributed by atoms with Crippen LogP contribution in [0.15, 0.2) is 41.9 Å². The van der Waals surface area contributed by atoms with E-state index in [9.17, 15) is 9.59 Å². The average Bonchev–Trinajstić information content (AvgIpc) is 3.23. The summed E-state index contributed by atoms with van der Waals surface area (Å²) in [7, 11) is 0. The van der Waals surface area contributed by atoms with E-state index in [0.29, 0.717) is 25.3 Å². The molecule has 0 aliphatic carbocycles. The van der Waals surface area contributed by atoms with Crippen LogP contribution in [0.1, 0.15) is 17.7 Å². The Morgan fingerprint density at radius 1 is 1.39 bits per heavy atom. The van der Waals surface area contributed by atoms with Gasteiger partial charge in [0.05, 0.1) is 6.54 Å². The van der Waals surface area contributed by atoms with Crippen LogP contribution >= 0.6 is 11.3 Å². The summed E-state index contributed by atoms with van der Waals surface area (Å²) in [6.45, 7) is 0.899. The zero-order valence-corrected chi connectivity index (χ0v) is 13.4. The van der Waals surface area contributed by atoms with Gasteiger partial charge in [-0.05, 0) is 30.0 Å². The lowest BCUT2D eigenvalue weighted by molar-refractivity contribution is -0.119. The van der Waals surface area contributed by atoms with Crippen molar-refractivity contribution < 1.29 is 9.59 Å². The van der Waals surface area contributed by atoms with Crippen molar-refractivity contribution in [2.45, 2.75) is 25.4 Å². The summed E-state index contributed by atoms with van der Waals surface area (Å²) in [6.07, 6.45) is 2.95. The topological polar surface area (TPSA) is 74.3 Å². The van der Waals surface area contributed by atoms with Crippen molar-refractivity contribution >= 4 is 29.1 Å². The van der Waals surface area contributed by atoms with Crippen LogP contribution in [0, 0.1) is 0 Å². The van der Waals surface area contributed by atoms with Crippen LogP contribution in [-0.2, 0) is 11.3 Å². The van der Waals surface area contributed by atoms with Crippen molar-refractivity contribution in [1.82, 2.24) is 15.6 Å². The number of urea groups is 1. The van der Waals surface area contributed by atoms with Crippen molar-refractivity contribution in [3.8, 4) is 0 Å². The minimum atomic E-state index is -0.210. The highest BCUT2D eigenvalue weighted by molar-refractivity contribution is 7.09. The van der Waals surface area contributed by atoms with Gasteiger partial charge in [0, 0.05) is 30.1 Å². The summed E-state index contributed by atoms with van der Waals surface area (Å²) in [6, 6.07) is 9.24. The summed E-state index contributed by atoms with van der Waals surface area (Å²) < 4.78 is 0. The van der Waals surface area contributed by atoms with Gasteiger partial charge in [0.1, 0.15) is 5.82 Å². The number of thiophene rings is 1. The molecule has 7 heteroatoms. The lowest BCUT2D eigenvalue weighted by Gasteiger charge is -2.22. The highest BCUT2D eigenvalue weighted by Gasteiger charge is 2.23. The van der Waals surface area contributed by atoms with Crippen molar-refractivity contribution in [3.63, 3.8) is 0 Å². The molecule has 2 N–H and O–H groups in total. The van der Waals surface area contributed by atoms with E-state index in [1.807, 2.05) is 35.7 Å². The number of nitrogens with zero attached hydrogens (tertiary/aromatic N) is 2. The van der Waals surface area contributed by atoms with Crippen LogP contribution in [0.5, 0.6) is 0 Å². The Morgan fingerprint density at radius 3 is 2.96 bits per heavy atom. The third kappa shape index (κ3) is 4.07. The van der Waals surface area contributed by atoms with Gasteiger partial charge in [-0.15, -0.1) is 11.3 Å². The van der Waals surface area contributed by atoms with Crippen LogP contribution in [0.25, 0.3) is 0 Å². The molecule has 1 aliphatic heterocycles. The molecule has 0 radical (unpaired) electrons. The predicted molar refractivity (Wildman–Crippen MR) is 89.3 cm³/mol. The number of rotatable bonds is 5. The number of aromatic nitrogens is 1. The first kappa shape index (κ1) is 15.5. The Morgan fingerprint density at radius 2 is 2.30 bits per heavy atom. The second-order valence-corrected chi connectivity index (χ2v) is 6.37. The number of nitrogens with one attached hydrogen (secondary N) is 2. The number of carbonyl (C=O) groups is 2. The van der Waals surface area contributed by atoms with Crippen LogP contribution < -0.4 is 15.5 Å². The van der Waals surface area contributed by atoms with Gasteiger partial charge in [0.25, 0.3) is 0 Å². The van der Waals surface area contributed by atoms with Gasteiger partial charge in [0.15, 0.2) is 0 Å². The van der Waals surface area contributed by atoms with Crippen molar-refractivity contribution in [2.24, 2.45) is 0 Å². The fraction of sp³-hybridized carbons (Fsp3) is 0.312. The average molecular weight is 330 g/mol. The molecule has 1 aliphatic rings. The standard InChI is InChI=1S/C16H18N4O2S/c21-15-7-6-12(19-15)10-18-16(22)20(11-13-4-3-9-23-13)14-5-1-2-8-17-14/h1-5,8-9,12H,6-7,10-11H2,(H,18,22)(H,19,21)/t12-/m0/s1. The fourth-order valence-electron chi connectivity index (χ4n) is 2.47. The molecule has 0 unspecified atom stereocenters. The Kier molecular flexibility index (Phi) is 4.87. The SMILES string of the molecule is O=C1CC[C@@H](CNC(=O)N(Cc2cccs2)c2ccccn2)N1. The lowest BCUT2D eigenvalue weighted by atomic mass is 10.2. The summed E-state index contributed by atoms with van der Waals surface area (Å²) in [4.78, 5) is 30.8. The quantitative estimate of drug-likeness (QED) is 0.882. The Labute approximate surface area is 138 Å². The number of hydrogen-bond donors (Lipinski definition) is 2. The molecule has 6 nitrogen and oxygen atoms in total. The van der Waals surface area contributed by atoms with Gasteiger partial charge < -0.3 is 10.6 Å². The van der Waals surface area contributed by atoms with Crippen molar-refractivity contribution in [3.05, 3.63) is 46.8 Å². The molecule has 3 heterocycles. The Bertz CT molecular complexity index is 660. The molecule has 23 heavy (non-hydrogen) atoms. The molecule has 2 aromatic rings. The molecule has 120 valence electrons. The van der Waals surface area contributed by atoms with Gasteiger partial charge in [-0.3, -0.25) is 9.69 Å². The molecule has 1 atom stereocenters. The van der Waals surface area contributed by atoms with Gasteiger partial charge in [0.2, 0.25) is 5.91 Å². The highest BCUT2D eigenvalue weighted by atomic mass is 32.1. The normalized spacial score (nSPS) is 16.9. The van der Waals surface area contributed by atoms with Crippen LogP contribution in [0.4, 0.5) is 10.6 Å². The first-order chi connectivity index (χ1) is 11.2. The Hall–Kier alpha value is -2.41. The monoisotopic (exact) mass is 330 g/mol. The summed E-state index contributed by atoms with van der Waals surface area (Å²) in [5, 5.41) is 7.72. The molecule has 1 fully saturated rings. The number of hydrogen-bond acceptors (Lipinski definition) is 4. The van der Waals surface area contributed by atoms with E-state index in [1.54, 1.807) is 22.4 Å². The molecule has 1 saturated heterocycles. The van der Waals surface area contributed by atoms with Crippen molar-refractivity contribution in [1.29, 1.82) is 0 Å². The van der Waals surface area contributed by atoms with Crippen LogP contribution in [0.3, 0.4) is 0 Å². The Balaban J connectivity index is 1.67. The summed E-state index contributed by atoms with van der Waals surface area (Å²) in [5.41, 5.74) is 0. The van der Waals surface area contributed by atoms with E-state index in [1.165, 1.54) is 0 Å². The van der Waals surface area contributed by atoms with Gasteiger partial charge in [-0.1, -0.05) is 12.1 Å². The zero-order valence-electron chi connectivity index (χ0n) is 12.6. The van der Waals surface area contributed by atoms with Gasteiger partial charge in [-0.2, -0.15) is 0 Å². The van der Waals surface area contributed by atoms with Gasteiger partial charge in [-0.25, -0.2) is 9.78 Å². The number of pyridine rings is 1. The van der Waals surface area contributed by atoms with Crippen molar-refractivity contribution in [2.75, 3.05) is 11.4 Å². The minimum Gasteiger partial charge on any atom is -0.352 e. The zero-order chi connectivity index (χ0) is 16.1. The fourth-order valence-corrected chi connectivity index (χ4v) is 3.16. The van der Waals surface area contributed by atoms with E-state index in [0.717, 1.165) is 11.3 Å². The van der Waals surface area contributed by atoms with E-state index in [-0.39, 0.29) is 18.0 Å². The number of anilines is 1. The summed E-state index contributed by atoms with van der Waals surface area (Å²) >= 11 is 1.60. The summed E-state index contributed by atoms with van der Waals surface area (Å²) in [5.74, 6) is 0.651. The van der Waals surface area contributed by atoms with Crippen LogP contribution in [-0.4, -0.2) is 29.5 Å². The molecular formula is C16H18N4O2S. The predicted octanol–water partition coefficient (Wildman–Crippen LogP) is 2.14. The third-order valence-electron chi connectivity index (χ3n) is 3.65. The first-order valence-electron chi connectivity index (χ1n) is 7.50. The maximum Gasteiger partial charge on any atom is 0.323 e. The molecule has 0 saturated carbocycles. The number of carbonyl (C=O) groups excluding carboxylic acids is 2. The minimum absolute atomic E-state index is 0.0128. The molecule has 3 amide bonds. The first-order valence-corrected chi connectivity index (χ1v) is 8.38. The number of amides is 3. The lowest BCUT2D eigenvalue weighted by Crippen LogP contribution is -2.45. The smallest absolute Gasteiger partial charge is 0.323 e. The van der Waals surface area contributed by atoms with Gasteiger partial charge >= 0.3 is 6.03 Å². The molecule has 3 rings (SSSR count). The largest absolute Gasteiger partial charge is 0.352 e. The second-order valence-electron chi connectivity index (χ2n) is 5.34. The molecule has 0 bridgehead atoms. The van der Waals surface area contributed by atoms with E-state index in [2.05, 4.69) is 15.6 Å².